The summed E-state index contributed by atoms with van der Waals surface area (Å²) < 4.78 is 0. The number of carbonyl (C=O) groups excluding carboxylic acids is 1. The molecule has 0 atom stereocenters. The van der Waals surface area contributed by atoms with E-state index in [1.54, 1.807) is 19.1 Å². The number of hydrogen-bond acceptors (Lipinski definition) is 3. The Hall–Kier alpha value is -0.610. The molecule has 3 N–H and O–H groups in total. The fraction of sp³-hybridized carbons (Fsp3) is 0.857. The van der Waals surface area contributed by atoms with Crippen molar-refractivity contribution < 1.29 is 4.79 Å². The van der Waals surface area contributed by atoms with Crippen molar-refractivity contribution in [2.24, 2.45) is 5.73 Å². The summed E-state index contributed by atoms with van der Waals surface area (Å²) in [7, 11) is 3.53. The van der Waals surface area contributed by atoms with Crippen molar-refractivity contribution in [2.75, 3.05) is 14.1 Å². The minimum Gasteiger partial charge on any atom is -0.325 e. The summed E-state index contributed by atoms with van der Waals surface area (Å²) in [5, 5.41) is 1.61. The maximum atomic E-state index is 11.0. The molecular formula is C7H17N3O. The predicted octanol–water partition coefficient (Wildman–Crippen LogP) is -0.293. The Morgan fingerprint density at radius 3 is 2.27 bits per heavy atom. The first-order chi connectivity index (χ1) is 4.81. The van der Waals surface area contributed by atoms with Gasteiger partial charge in [-0.2, -0.15) is 0 Å². The van der Waals surface area contributed by atoms with Crippen LogP contribution >= 0.6 is 0 Å². The van der Waals surface area contributed by atoms with Gasteiger partial charge in [0.1, 0.15) is 0 Å². The first-order valence-corrected chi connectivity index (χ1v) is 3.57. The van der Waals surface area contributed by atoms with Crippen LogP contribution in [0.5, 0.6) is 0 Å². The fourth-order valence-corrected chi connectivity index (χ4v) is 0.703. The number of hydrazine groups is 1. The van der Waals surface area contributed by atoms with Crippen LogP contribution in [0, 0.1) is 0 Å². The summed E-state index contributed by atoms with van der Waals surface area (Å²) in [5.74, 6) is -0.0532. The lowest BCUT2D eigenvalue weighted by atomic mass is 10.0. The van der Waals surface area contributed by atoms with Crippen molar-refractivity contribution in [3.05, 3.63) is 0 Å². The van der Waals surface area contributed by atoms with Gasteiger partial charge in [0.25, 0.3) is 0 Å². The SMILES string of the molecule is CN(C)NC(=O)CC(C)(C)N. The maximum absolute atomic E-state index is 11.0. The lowest BCUT2D eigenvalue weighted by Crippen LogP contribution is -2.43. The quantitative estimate of drug-likeness (QED) is 0.556. The summed E-state index contributed by atoms with van der Waals surface area (Å²) in [4.78, 5) is 11.0. The van der Waals surface area contributed by atoms with E-state index in [1.165, 1.54) is 0 Å². The van der Waals surface area contributed by atoms with Crippen LogP contribution in [0.15, 0.2) is 0 Å². The highest BCUT2D eigenvalue weighted by Gasteiger charge is 2.15. The molecule has 0 bridgehead atoms. The highest BCUT2D eigenvalue weighted by atomic mass is 16.2. The van der Waals surface area contributed by atoms with Gasteiger partial charge in [-0.1, -0.05) is 0 Å². The van der Waals surface area contributed by atoms with Gasteiger partial charge in [0.2, 0.25) is 5.91 Å². The molecule has 0 unspecified atom stereocenters. The molecule has 4 nitrogen and oxygen atoms in total. The third-order valence-electron chi connectivity index (χ3n) is 0.964. The van der Waals surface area contributed by atoms with Gasteiger partial charge in [-0.3, -0.25) is 10.2 Å². The van der Waals surface area contributed by atoms with Crippen LogP contribution in [0.3, 0.4) is 0 Å². The monoisotopic (exact) mass is 159 g/mol. The molecule has 0 heterocycles. The summed E-state index contributed by atoms with van der Waals surface area (Å²) in [6.45, 7) is 3.64. The fourth-order valence-electron chi connectivity index (χ4n) is 0.703. The number of nitrogens with one attached hydrogen (secondary N) is 1. The molecule has 1 amide bonds. The number of nitrogens with two attached hydrogens (primary N) is 1. The maximum Gasteiger partial charge on any atom is 0.236 e. The molecule has 0 spiro atoms. The van der Waals surface area contributed by atoms with Crippen LogP contribution in [-0.4, -0.2) is 30.6 Å². The molecule has 0 aromatic carbocycles. The third-order valence-corrected chi connectivity index (χ3v) is 0.964. The highest BCUT2D eigenvalue weighted by Crippen LogP contribution is 2.02. The van der Waals surface area contributed by atoms with Crippen molar-refractivity contribution in [2.45, 2.75) is 25.8 Å². The van der Waals surface area contributed by atoms with E-state index in [2.05, 4.69) is 5.43 Å². The summed E-state index contributed by atoms with van der Waals surface area (Å²) in [5.41, 5.74) is 7.82. The van der Waals surface area contributed by atoms with E-state index in [1.807, 2.05) is 13.8 Å². The first kappa shape index (κ1) is 10.4. The third kappa shape index (κ3) is 7.29. The molecule has 0 aliphatic carbocycles. The van der Waals surface area contributed by atoms with Crippen LogP contribution in [-0.2, 0) is 4.79 Å². The smallest absolute Gasteiger partial charge is 0.236 e. The topological polar surface area (TPSA) is 58.4 Å². The summed E-state index contributed by atoms with van der Waals surface area (Å²) in [6.07, 6.45) is 0.338. The van der Waals surface area contributed by atoms with Crippen molar-refractivity contribution in [3.8, 4) is 0 Å². The molecule has 11 heavy (non-hydrogen) atoms. The molecule has 0 aromatic heterocycles. The minimum atomic E-state index is -0.430. The first-order valence-electron chi connectivity index (χ1n) is 3.57. The molecule has 66 valence electrons. The minimum absolute atomic E-state index is 0.0532. The lowest BCUT2D eigenvalue weighted by molar-refractivity contribution is -0.125. The molecular weight excluding hydrogens is 142 g/mol. The standard InChI is InChI=1S/C7H17N3O/c1-7(2,8)5-6(11)9-10(3)4/h5,8H2,1-4H3,(H,9,11). The van der Waals surface area contributed by atoms with Crippen LogP contribution in [0.2, 0.25) is 0 Å². The molecule has 0 aliphatic heterocycles. The Balaban J connectivity index is 3.71. The van der Waals surface area contributed by atoms with Crippen molar-refractivity contribution in [1.82, 2.24) is 10.4 Å². The Bertz CT molecular complexity index is 137. The Morgan fingerprint density at radius 1 is 1.55 bits per heavy atom. The average molecular weight is 159 g/mol. The van der Waals surface area contributed by atoms with Gasteiger partial charge < -0.3 is 5.73 Å². The number of nitrogens with zero attached hydrogens (tertiary/aromatic N) is 1. The van der Waals surface area contributed by atoms with E-state index >= 15 is 0 Å². The second-order valence-corrected chi connectivity index (χ2v) is 3.59. The van der Waals surface area contributed by atoms with Gasteiger partial charge in [-0.15, -0.1) is 0 Å². The van der Waals surface area contributed by atoms with Crippen LogP contribution in [0.1, 0.15) is 20.3 Å². The van der Waals surface area contributed by atoms with Crippen LogP contribution < -0.4 is 11.2 Å². The normalized spacial score (nSPS) is 11.8. The van der Waals surface area contributed by atoms with Gasteiger partial charge in [-0.05, 0) is 13.8 Å². The molecule has 0 rings (SSSR count). The number of rotatable bonds is 3. The van der Waals surface area contributed by atoms with Crippen LogP contribution in [0.4, 0.5) is 0 Å². The van der Waals surface area contributed by atoms with Gasteiger partial charge >= 0.3 is 0 Å². The van der Waals surface area contributed by atoms with E-state index < -0.39 is 5.54 Å². The predicted molar refractivity (Wildman–Crippen MR) is 44.7 cm³/mol. The summed E-state index contributed by atoms with van der Waals surface area (Å²) >= 11 is 0. The molecule has 0 saturated heterocycles. The van der Waals surface area contributed by atoms with E-state index in [0.29, 0.717) is 6.42 Å². The van der Waals surface area contributed by atoms with Crippen molar-refractivity contribution in [1.29, 1.82) is 0 Å². The second-order valence-electron chi connectivity index (χ2n) is 3.59. The number of amides is 1. The van der Waals surface area contributed by atoms with Gasteiger partial charge in [0, 0.05) is 26.1 Å². The zero-order chi connectivity index (χ0) is 9.07. The van der Waals surface area contributed by atoms with Gasteiger partial charge in [-0.25, -0.2) is 5.01 Å². The van der Waals surface area contributed by atoms with Gasteiger partial charge in [0.15, 0.2) is 0 Å². The average Bonchev–Trinajstić information content (AvgIpc) is 1.53. The molecule has 0 radical (unpaired) electrons. The Labute approximate surface area is 67.7 Å². The molecule has 4 heteroatoms. The number of carbonyl (C=O) groups is 1. The van der Waals surface area contributed by atoms with Crippen molar-refractivity contribution >= 4 is 5.91 Å². The lowest BCUT2D eigenvalue weighted by Gasteiger charge is -2.19. The van der Waals surface area contributed by atoms with E-state index in [0.717, 1.165) is 0 Å². The second kappa shape index (κ2) is 3.69. The Morgan fingerprint density at radius 2 is 2.00 bits per heavy atom. The van der Waals surface area contributed by atoms with E-state index in [4.69, 9.17) is 5.73 Å². The molecule has 0 fully saturated rings. The summed E-state index contributed by atoms with van der Waals surface area (Å²) in [6, 6.07) is 0. The number of hydrogen-bond donors (Lipinski definition) is 2. The zero-order valence-electron chi connectivity index (χ0n) is 7.64. The molecule has 0 aromatic rings. The Kier molecular flexibility index (Phi) is 3.48. The van der Waals surface area contributed by atoms with E-state index in [-0.39, 0.29) is 5.91 Å². The van der Waals surface area contributed by atoms with Gasteiger partial charge in [0.05, 0.1) is 0 Å². The highest BCUT2D eigenvalue weighted by molar-refractivity contribution is 5.76. The van der Waals surface area contributed by atoms with Crippen molar-refractivity contribution in [3.63, 3.8) is 0 Å². The van der Waals surface area contributed by atoms with E-state index in [9.17, 15) is 4.79 Å². The van der Waals surface area contributed by atoms with Crippen LogP contribution in [0.25, 0.3) is 0 Å². The molecule has 0 aliphatic rings. The zero-order valence-corrected chi connectivity index (χ0v) is 7.64. The largest absolute Gasteiger partial charge is 0.325 e. The molecule has 0 saturated carbocycles.